The van der Waals surface area contributed by atoms with Crippen molar-refractivity contribution in [3.8, 4) is 17.2 Å². The molecular weight excluding hydrogens is 556 g/mol. The minimum Gasteiger partial charge on any atom is -0.497 e. The van der Waals surface area contributed by atoms with E-state index in [1.54, 1.807) is 48.2 Å². The first-order valence-electron chi connectivity index (χ1n) is 12.5. The summed E-state index contributed by atoms with van der Waals surface area (Å²) in [5.74, 6) is 0.421. The van der Waals surface area contributed by atoms with Gasteiger partial charge in [-0.1, -0.05) is 17.7 Å². The summed E-state index contributed by atoms with van der Waals surface area (Å²) in [5.41, 5.74) is 1.10. The van der Waals surface area contributed by atoms with Crippen molar-refractivity contribution in [2.24, 2.45) is 0 Å². The third-order valence-corrected chi connectivity index (χ3v) is 8.39. The van der Waals surface area contributed by atoms with Crippen LogP contribution in [0.5, 0.6) is 11.5 Å². The lowest BCUT2D eigenvalue weighted by atomic mass is 10.1. The second-order valence-corrected chi connectivity index (χ2v) is 11.0. The highest BCUT2D eigenvalue weighted by molar-refractivity contribution is 7.18. The number of amides is 2. The van der Waals surface area contributed by atoms with Gasteiger partial charge >= 0.3 is 5.69 Å². The summed E-state index contributed by atoms with van der Waals surface area (Å²) in [4.78, 5) is 56.2. The fraction of sp³-hybridized carbons (Fsp3) is 0.286. The predicted molar refractivity (Wildman–Crippen MR) is 154 cm³/mol. The lowest BCUT2D eigenvalue weighted by Crippen LogP contribution is -2.41. The number of ether oxygens (including phenoxy) is 2. The third-order valence-electron chi connectivity index (χ3n) is 6.92. The molecule has 0 aliphatic carbocycles. The molecule has 12 heteroatoms. The number of rotatable bonds is 6. The number of hydrogen-bond donors (Lipinski definition) is 1. The van der Waals surface area contributed by atoms with Gasteiger partial charge in [0.2, 0.25) is 11.8 Å². The second kappa shape index (κ2) is 10.8. The molecule has 1 N–H and O–H groups in total. The molecule has 2 aromatic heterocycles. The SMILES string of the molecule is COc1cc(NC(=O)Cn2c(=O)n(-c3cc(Cl)ccc3C)c(=O)c3c4c(sc32)CN(C(C)=O)CC4)cc(OC)c1. The topological polar surface area (TPSA) is 112 Å². The molecule has 0 bridgehead atoms. The Kier molecular flexibility index (Phi) is 7.43. The lowest BCUT2D eigenvalue weighted by Gasteiger charge is -2.25. The summed E-state index contributed by atoms with van der Waals surface area (Å²) < 4.78 is 13.0. The number of nitrogens with one attached hydrogen (secondary N) is 1. The molecule has 1 aliphatic heterocycles. The van der Waals surface area contributed by atoms with Crippen LogP contribution in [0.1, 0.15) is 22.9 Å². The highest BCUT2D eigenvalue weighted by Crippen LogP contribution is 2.34. The fourth-order valence-corrected chi connectivity index (χ4v) is 6.39. The van der Waals surface area contributed by atoms with Crippen molar-refractivity contribution in [2.45, 2.75) is 33.4 Å². The summed E-state index contributed by atoms with van der Waals surface area (Å²) in [6.07, 6.45) is 0.465. The minimum absolute atomic E-state index is 0.0689. The number of nitrogens with zero attached hydrogens (tertiary/aromatic N) is 3. The number of aryl methyl sites for hydroxylation is 1. The molecule has 3 heterocycles. The first-order valence-corrected chi connectivity index (χ1v) is 13.7. The number of hydrogen-bond acceptors (Lipinski definition) is 7. The van der Waals surface area contributed by atoms with Crippen molar-refractivity contribution in [1.82, 2.24) is 14.0 Å². The Balaban J connectivity index is 1.67. The van der Waals surface area contributed by atoms with Gasteiger partial charge in [-0.2, -0.15) is 0 Å². The van der Waals surface area contributed by atoms with E-state index in [-0.39, 0.29) is 12.5 Å². The van der Waals surface area contributed by atoms with Crippen LogP contribution in [0.3, 0.4) is 0 Å². The monoisotopic (exact) mass is 582 g/mol. The molecule has 5 rings (SSSR count). The van der Waals surface area contributed by atoms with Crippen LogP contribution in [0.15, 0.2) is 46.0 Å². The number of carbonyl (C=O) groups excluding carboxylic acids is 2. The number of thiophene rings is 1. The zero-order valence-electron chi connectivity index (χ0n) is 22.4. The van der Waals surface area contributed by atoms with E-state index in [0.717, 1.165) is 15.0 Å². The number of halogens is 1. The summed E-state index contributed by atoms with van der Waals surface area (Å²) in [7, 11) is 3.01. The zero-order chi connectivity index (χ0) is 28.7. The van der Waals surface area contributed by atoms with E-state index >= 15 is 0 Å². The van der Waals surface area contributed by atoms with Crippen molar-refractivity contribution < 1.29 is 19.1 Å². The van der Waals surface area contributed by atoms with Gasteiger partial charge < -0.3 is 19.7 Å². The molecule has 40 heavy (non-hydrogen) atoms. The van der Waals surface area contributed by atoms with Gasteiger partial charge in [-0.3, -0.25) is 19.0 Å². The Labute approximate surface area is 238 Å². The molecule has 2 amide bonds. The van der Waals surface area contributed by atoms with Crippen LogP contribution in [0.2, 0.25) is 5.02 Å². The molecule has 0 atom stereocenters. The molecule has 0 saturated carbocycles. The van der Waals surface area contributed by atoms with E-state index in [0.29, 0.717) is 63.2 Å². The number of carbonyl (C=O) groups is 2. The fourth-order valence-electron chi connectivity index (χ4n) is 4.87. The average Bonchev–Trinajstić information content (AvgIpc) is 3.31. The smallest absolute Gasteiger partial charge is 0.337 e. The van der Waals surface area contributed by atoms with Gasteiger partial charge in [0.25, 0.3) is 5.56 Å². The molecule has 0 saturated heterocycles. The van der Waals surface area contributed by atoms with E-state index in [1.165, 1.54) is 37.0 Å². The molecule has 0 fully saturated rings. The number of anilines is 1. The number of methoxy groups -OCH3 is 2. The molecule has 0 spiro atoms. The van der Waals surface area contributed by atoms with Gasteiger partial charge in [0.1, 0.15) is 22.9 Å². The van der Waals surface area contributed by atoms with Crippen LogP contribution in [0, 0.1) is 6.92 Å². The van der Waals surface area contributed by atoms with E-state index in [1.807, 2.05) is 0 Å². The van der Waals surface area contributed by atoms with Crippen molar-refractivity contribution in [1.29, 1.82) is 0 Å². The first-order chi connectivity index (χ1) is 19.1. The van der Waals surface area contributed by atoms with Crippen molar-refractivity contribution in [2.75, 3.05) is 26.1 Å². The van der Waals surface area contributed by atoms with E-state index < -0.39 is 17.2 Å². The Morgan fingerprint density at radius 3 is 2.42 bits per heavy atom. The van der Waals surface area contributed by atoms with Crippen molar-refractivity contribution in [3.05, 3.63) is 78.3 Å². The summed E-state index contributed by atoms with van der Waals surface area (Å²) in [5, 5.41) is 3.54. The Morgan fingerprint density at radius 2 is 1.77 bits per heavy atom. The van der Waals surface area contributed by atoms with E-state index in [9.17, 15) is 19.2 Å². The highest BCUT2D eigenvalue weighted by Gasteiger charge is 2.28. The van der Waals surface area contributed by atoms with Crippen LogP contribution in [-0.2, 0) is 29.1 Å². The molecule has 208 valence electrons. The summed E-state index contributed by atoms with van der Waals surface area (Å²) >= 11 is 7.51. The number of fused-ring (bicyclic) bond motifs is 3. The predicted octanol–water partition coefficient (Wildman–Crippen LogP) is 3.74. The van der Waals surface area contributed by atoms with Crippen molar-refractivity contribution in [3.63, 3.8) is 0 Å². The summed E-state index contributed by atoms with van der Waals surface area (Å²) in [6, 6.07) is 9.92. The number of benzene rings is 2. The zero-order valence-corrected chi connectivity index (χ0v) is 23.9. The Morgan fingerprint density at radius 1 is 1.07 bits per heavy atom. The van der Waals surface area contributed by atoms with Gasteiger partial charge in [0, 0.05) is 47.3 Å². The van der Waals surface area contributed by atoms with Crippen LogP contribution in [-0.4, -0.2) is 46.6 Å². The molecule has 0 radical (unpaired) electrons. The maximum atomic E-state index is 13.9. The maximum absolute atomic E-state index is 13.9. The van der Waals surface area contributed by atoms with E-state index in [2.05, 4.69) is 5.32 Å². The van der Waals surface area contributed by atoms with Gasteiger partial charge in [0.05, 0.1) is 31.8 Å². The van der Waals surface area contributed by atoms with Gasteiger partial charge in [-0.05, 0) is 36.6 Å². The standard InChI is InChI=1S/C28H27ClN4O6S/c1-15-5-6-17(29)9-22(15)33-26(36)25-21-7-8-31(16(2)34)13-23(21)40-27(25)32(28(33)37)14-24(35)30-18-10-19(38-3)12-20(11-18)39-4/h5-6,9-12H,7-8,13-14H2,1-4H3,(H,30,35). The molecule has 10 nitrogen and oxygen atoms in total. The first kappa shape index (κ1) is 27.5. The second-order valence-electron chi connectivity index (χ2n) is 9.46. The van der Waals surface area contributed by atoms with Crippen LogP contribution in [0.25, 0.3) is 15.9 Å². The quantitative estimate of drug-likeness (QED) is 0.371. The molecular formula is C28H27ClN4O6S. The molecule has 1 aliphatic rings. The molecule has 0 unspecified atom stereocenters. The third kappa shape index (κ3) is 4.98. The van der Waals surface area contributed by atoms with Gasteiger partial charge in [-0.15, -0.1) is 11.3 Å². The average molecular weight is 583 g/mol. The minimum atomic E-state index is -0.664. The van der Waals surface area contributed by atoms with Crippen LogP contribution in [0.4, 0.5) is 5.69 Å². The normalized spacial score (nSPS) is 12.8. The Bertz CT molecular complexity index is 1770. The van der Waals surface area contributed by atoms with Gasteiger partial charge in [-0.25, -0.2) is 9.36 Å². The van der Waals surface area contributed by atoms with Crippen molar-refractivity contribution >= 4 is 50.7 Å². The summed E-state index contributed by atoms with van der Waals surface area (Å²) in [6.45, 7) is 3.72. The number of aromatic nitrogens is 2. The highest BCUT2D eigenvalue weighted by atomic mass is 35.5. The molecule has 2 aromatic carbocycles. The lowest BCUT2D eigenvalue weighted by molar-refractivity contribution is -0.129. The van der Waals surface area contributed by atoms with Crippen LogP contribution < -0.4 is 26.0 Å². The van der Waals surface area contributed by atoms with Gasteiger partial charge in [0.15, 0.2) is 0 Å². The van der Waals surface area contributed by atoms with E-state index in [4.69, 9.17) is 21.1 Å². The molecule has 4 aromatic rings. The largest absolute Gasteiger partial charge is 0.497 e. The van der Waals surface area contributed by atoms with Crippen LogP contribution >= 0.6 is 22.9 Å². The maximum Gasteiger partial charge on any atom is 0.337 e. The Hall–Kier alpha value is -4.09.